The number of nitrogens with one attached hydrogen (secondary N) is 1. The standard InChI is InChI=1S/C24H25F3N2O6/c1-5-34-22(30)20-19(13-35-16-8-6-7-15(11-16)24(25,26)27)29(2)23(31)28-21(20)14-9-17(32-3)12-18(10-14)33-4/h6-12,21H,5,13H2,1-4H3,(H,28,31). The second kappa shape index (κ2) is 10.6. The van der Waals surface area contributed by atoms with Gasteiger partial charge >= 0.3 is 18.2 Å². The van der Waals surface area contributed by atoms with Crippen LogP contribution in [0.4, 0.5) is 18.0 Å². The van der Waals surface area contributed by atoms with E-state index >= 15 is 0 Å². The van der Waals surface area contributed by atoms with E-state index in [1.54, 1.807) is 25.1 Å². The van der Waals surface area contributed by atoms with Crippen molar-refractivity contribution in [3.8, 4) is 17.2 Å². The summed E-state index contributed by atoms with van der Waals surface area (Å²) in [6, 6.07) is 7.71. The molecule has 0 fully saturated rings. The summed E-state index contributed by atoms with van der Waals surface area (Å²) >= 11 is 0. The number of hydrogen-bond donors (Lipinski definition) is 1. The van der Waals surface area contributed by atoms with E-state index in [1.807, 2.05) is 0 Å². The minimum absolute atomic E-state index is 0.0654. The molecule has 0 aliphatic carbocycles. The first kappa shape index (κ1) is 25.7. The van der Waals surface area contributed by atoms with Gasteiger partial charge < -0.3 is 24.3 Å². The molecule has 2 aromatic rings. The number of likely N-dealkylation sites (N-methyl/N-ethyl adjacent to an activating group) is 1. The largest absolute Gasteiger partial charge is 0.497 e. The Balaban J connectivity index is 2.07. The van der Waals surface area contributed by atoms with E-state index in [0.717, 1.165) is 17.0 Å². The quantitative estimate of drug-likeness (QED) is 0.551. The van der Waals surface area contributed by atoms with Crippen LogP contribution >= 0.6 is 0 Å². The maximum absolute atomic E-state index is 13.1. The maximum Gasteiger partial charge on any atom is 0.416 e. The molecule has 0 saturated heterocycles. The molecule has 1 N–H and O–H groups in total. The van der Waals surface area contributed by atoms with Gasteiger partial charge in [-0.2, -0.15) is 13.2 Å². The third kappa shape index (κ3) is 5.79. The van der Waals surface area contributed by atoms with Crippen molar-refractivity contribution in [3.05, 3.63) is 64.9 Å². The van der Waals surface area contributed by atoms with Crippen LogP contribution in [0.3, 0.4) is 0 Å². The highest BCUT2D eigenvalue weighted by Gasteiger charge is 2.38. The number of urea groups is 1. The lowest BCUT2D eigenvalue weighted by Gasteiger charge is -2.34. The molecule has 0 aromatic heterocycles. The first-order chi connectivity index (χ1) is 16.6. The minimum Gasteiger partial charge on any atom is -0.497 e. The van der Waals surface area contributed by atoms with E-state index < -0.39 is 29.8 Å². The smallest absolute Gasteiger partial charge is 0.416 e. The van der Waals surface area contributed by atoms with Crippen molar-refractivity contribution in [3.63, 3.8) is 0 Å². The molecular formula is C24H25F3N2O6. The van der Waals surface area contributed by atoms with Crippen molar-refractivity contribution >= 4 is 12.0 Å². The zero-order valence-corrected chi connectivity index (χ0v) is 19.6. The van der Waals surface area contributed by atoms with Gasteiger partial charge in [0.1, 0.15) is 23.9 Å². The molecule has 1 atom stereocenters. The maximum atomic E-state index is 13.1. The first-order valence-electron chi connectivity index (χ1n) is 10.6. The number of amides is 2. The number of carbonyl (C=O) groups excluding carboxylic acids is 2. The molecule has 3 rings (SSSR count). The Morgan fingerprint density at radius 3 is 2.29 bits per heavy atom. The van der Waals surface area contributed by atoms with Crippen LogP contribution in [0, 0.1) is 0 Å². The number of ether oxygens (including phenoxy) is 4. The fourth-order valence-electron chi connectivity index (χ4n) is 3.54. The van der Waals surface area contributed by atoms with Gasteiger partial charge in [0.25, 0.3) is 0 Å². The molecule has 0 spiro atoms. The van der Waals surface area contributed by atoms with Crippen LogP contribution in [0.2, 0.25) is 0 Å². The van der Waals surface area contributed by atoms with Crippen LogP contribution in [-0.4, -0.2) is 51.4 Å². The fraction of sp³-hybridized carbons (Fsp3) is 0.333. The third-order valence-electron chi connectivity index (χ3n) is 5.32. The highest BCUT2D eigenvalue weighted by Crippen LogP contribution is 2.36. The summed E-state index contributed by atoms with van der Waals surface area (Å²) in [6.45, 7) is 1.33. The highest BCUT2D eigenvalue weighted by molar-refractivity contribution is 5.95. The Kier molecular flexibility index (Phi) is 7.78. The summed E-state index contributed by atoms with van der Waals surface area (Å²) in [5, 5.41) is 2.74. The number of alkyl halides is 3. The summed E-state index contributed by atoms with van der Waals surface area (Å²) in [6.07, 6.45) is -4.55. The Hall–Kier alpha value is -3.89. The van der Waals surface area contributed by atoms with Crippen molar-refractivity contribution in [2.75, 3.05) is 34.5 Å². The summed E-state index contributed by atoms with van der Waals surface area (Å²) in [7, 11) is 4.34. The van der Waals surface area contributed by atoms with E-state index in [4.69, 9.17) is 18.9 Å². The predicted molar refractivity (Wildman–Crippen MR) is 119 cm³/mol. The minimum atomic E-state index is -4.55. The van der Waals surface area contributed by atoms with E-state index in [9.17, 15) is 22.8 Å². The van der Waals surface area contributed by atoms with Crippen LogP contribution in [0.5, 0.6) is 17.2 Å². The normalized spacial score (nSPS) is 16.0. The lowest BCUT2D eigenvalue weighted by molar-refractivity contribution is -0.139. The number of esters is 1. The molecule has 35 heavy (non-hydrogen) atoms. The number of hydrogen-bond acceptors (Lipinski definition) is 6. The molecular weight excluding hydrogens is 469 g/mol. The number of methoxy groups -OCH3 is 2. The number of carbonyl (C=O) groups is 2. The number of nitrogens with zero attached hydrogens (tertiary/aromatic N) is 1. The zero-order valence-electron chi connectivity index (χ0n) is 19.6. The molecule has 1 aliphatic heterocycles. The van der Waals surface area contributed by atoms with Crippen LogP contribution in [0.1, 0.15) is 24.1 Å². The Morgan fingerprint density at radius 2 is 1.71 bits per heavy atom. The van der Waals surface area contributed by atoms with Crippen molar-refractivity contribution < 1.29 is 41.7 Å². The van der Waals surface area contributed by atoms with Gasteiger partial charge in [-0.3, -0.25) is 4.90 Å². The van der Waals surface area contributed by atoms with Crippen molar-refractivity contribution in [1.82, 2.24) is 10.2 Å². The average Bonchev–Trinajstić information content (AvgIpc) is 2.83. The molecule has 2 amide bonds. The number of benzene rings is 2. The Labute approximate surface area is 200 Å². The van der Waals surface area contributed by atoms with Crippen LogP contribution in [0.25, 0.3) is 0 Å². The number of halogens is 3. The monoisotopic (exact) mass is 494 g/mol. The van der Waals surface area contributed by atoms with Gasteiger partial charge in [0.15, 0.2) is 0 Å². The van der Waals surface area contributed by atoms with E-state index in [0.29, 0.717) is 17.1 Å². The van der Waals surface area contributed by atoms with Gasteiger partial charge in [0, 0.05) is 13.1 Å². The van der Waals surface area contributed by atoms with E-state index in [-0.39, 0.29) is 30.2 Å². The van der Waals surface area contributed by atoms with Crippen molar-refractivity contribution in [2.45, 2.75) is 19.1 Å². The molecule has 8 nitrogen and oxygen atoms in total. The van der Waals surface area contributed by atoms with Crippen LogP contribution in [0.15, 0.2) is 53.7 Å². The third-order valence-corrected chi connectivity index (χ3v) is 5.32. The molecule has 0 saturated carbocycles. The van der Waals surface area contributed by atoms with Gasteiger partial charge in [-0.1, -0.05) is 6.07 Å². The molecule has 1 heterocycles. The number of rotatable bonds is 8. The van der Waals surface area contributed by atoms with Crippen LogP contribution < -0.4 is 19.5 Å². The van der Waals surface area contributed by atoms with Gasteiger partial charge in [-0.15, -0.1) is 0 Å². The van der Waals surface area contributed by atoms with Gasteiger partial charge in [0.2, 0.25) is 0 Å². The van der Waals surface area contributed by atoms with Gasteiger partial charge in [-0.05, 0) is 42.8 Å². The molecule has 188 valence electrons. The lowest BCUT2D eigenvalue weighted by Crippen LogP contribution is -2.48. The van der Waals surface area contributed by atoms with Gasteiger partial charge in [0.05, 0.1) is 43.7 Å². The first-order valence-corrected chi connectivity index (χ1v) is 10.6. The fourth-order valence-corrected chi connectivity index (χ4v) is 3.54. The van der Waals surface area contributed by atoms with Crippen molar-refractivity contribution in [2.24, 2.45) is 0 Å². The van der Waals surface area contributed by atoms with Gasteiger partial charge in [-0.25, -0.2) is 9.59 Å². The van der Waals surface area contributed by atoms with Crippen LogP contribution in [-0.2, 0) is 15.7 Å². The summed E-state index contributed by atoms with van der Waals surface area (Å²) < 4.78 is 60.7. The van der Waals surface area contributed by atoms with Crippen molar-refractivity contribution in [1.29, 1.82) is 0 Å². The second-order valence-corrected chi connectivity index (χ2v) is 7.48. The molecule has 2 aromatic carbocycles. The molecule has 1 aliphatic rings. The predicted octanol–water partition coefficient (Wildman–Crippen LogP) is 4.31. The lowest BCUT2D eigenvalue weighted by atomic mass is 9.94. The summed E-state index contributed by atoms with van der Waals surface area (Å²) in [5.74, 6) is 0.0679. The topological polar surface area (TPSA) is 86.3 Å². The Morgan fingerprint density at radius 1 is 1.06 bits per heavy atom. The second-order valence-electron chi connectivity index (χ2n) is 7.48. The molecule has 0 bridgehead atoms. The zero-order chi connectivity index (χ0) is 25.8. The highest BCUT2D eigenvalue weighted by atomic mass is 19.4. The Bertz CT molecular complexity index is 1110. The van der Waals surface area contributed by atoms with E-state index in [2.05, 4.69) is 5.32 Å². The average molecular weight is 494 g/mol. The summed E-state index contributed by atoms with van der Waals surface area (Å²) in [5.41, 5.74) is -0.208. The molecule has 0 radical (unpaired) electrons. The van der Waals surface area contributed by atoms with E-state index in [1.165, 1.54) is 33.4 Å². The summed E-state index contributed by atoms with van der Waals surface area (Å²) in [4.78, 5) is 27.0. The SMILES string of the molecule is CCOC(=O)C1=C(COc2cccc(C(F)(F)F)c2)N(C)C(=O)NC1c1cc(OC)cc(OC)c1. The molecule has 1 unspecified atom stereocenters. The molecule has 11 heteroatoms.